The van der Waals surface area contributed by atoms with Crippen LogP contribution >= 0.6 is 0 Å². The maximum atomic E-state index is 10.6. The van der Waals surface area contributed by atoms with E-state index in [9.17, 15) is 4.79 Å². The number of para-hydroxylation sites is 1. The van der Waals surface area contributed by atoms with Gasteiger partial charge in [-0.2, -0.15) is 0 Å². The summed E-state index contributed by atoms with van der Waals surface area (Å²) < 4.78 is 0. The van der Waals surface area contributed by atoms with Crippen LogP contribution in [0.2, 0.25) is 0 Å². The summed E-state index contributed by atoms with van der Waals surface area (Å²) in [6.07, 6.45) is 4.17. The molecule has 1 amide bonds. The fourth-order valence-electron chi connectivity index (χ4n) is 2.67. The second-order valence-electron chi connectivity index (χ2n) is 5.13. The highest BCUT2D eigenvalue weighted by atomic mass is 16.1. The summed E-state index contributed by atoms with van der Waals surface area (Å²) in [5.41, 5.74) is 2.13. The standard InChI is InChI=1S/C15H23N3O/c1-18(14-6-9-16-10-7-14)11-8-13-4-2-3-5-15(13)17-12-19/h2-5,12,14,16H,6-11H2,1H3,(H,17,19). The molecule has 1 aromatic rings. The summed E-state index contributed by atoms with van der Waals surface area (Å²) >= 11 is 0. The Bertz CT molecular complexity index is 402. The van der Waals surface area contributed by atoms with E-state index in [0.29, 0.717) is 6.04 Å². The van der Waals surface area contributed by atoms with E-state index < -0.39 is 0 Å². The van der Waals surface area contributed by atoms with E-state index in [-0.39, 0.29) is 0 Å². The molecule has 1 heterocycles. The highest BCUT2D eigenvalue weighted by molar-refractivity contribution is 5.73. The molecule has 0 bridgehead atoms. The van der Waals surface area contributed by atoms with Gasteiger partial charge >= 0.3 is 0 Å². The first kappa shape index (κ1) is 14.0. The molecular weight excluding hydrogens is 238 g/mol. The predicted molar refractivity (Wildman–Crippen MR) is 78.4 cm³/mol. The monoisotopic (exact) mass is 261 g/mol. The lowest BCUT2D eigenvalue weighted by molar-refractivity contribution is -0.105. The average Bonchev–Trinajstić information content (AvgIpc) is 2.47. The first-order chi connectivity index (χ1) is 9.31. The molecule has 1 aliphatic heterocycles. The van der Waals surface area contributed by atoms with Crippen molar-refractivity contribution in [3.63, 3.8) is 0 Å². The van der Waals surface area contributed by atoms with Crippen molar-refractivity contribution in [2.24, 2.45) is 0 Å². The number of amides is 1. The number of carbonyl (C=O) groups excluding carboxylic acids is 1. The molecular formula is C15H23N3O. The smallest absolute Gasteiger partial charge is 0.211 e. The molecule has 1 aromatic carbocycles. The first-order valence-electron chi connectivity index (χ1n) is 7.00. The number of nitrogens with zero attached hydrogens (tertiary/aromatic N) is 1. The highest BCUT2D eigenvalue weighted by Gasteiger charge is 2.17. The summed E-state index contributed by atoms with van der Waals surface area (Å²) in [4.78, 5) is 13.0. The summed E-state index contributed by atoms with van der Waals surface area (Å²) in [5.74, 6) is 0. The van der Waals surface area contributed by atoms with Gasteiger partial charge in [0.2, 0.25) is 6.41 Å². The molecule has 0 aromatic heterocycles. The molecule has 1 fully saturated rings. The topological polar surface area (TPSA) is 44.4 Å². The number of piperidine rings is 1. The number of carbonyl (C=O) groups is 1. The van der Waals surface area contributed by atoms with E-state index >= 15 is 0 Å². The Kier molecular flexibility index (Phi) is 5.36. The minimum atomic E-state index is 0.687. The van der Waals surface area contributed by atoms with Gasteiger partial charge in [-0.25, -0.2) is 0 Å². The van der Waals surface area contributed by atoms with Crippen molar-refractivity contribution in [2.75, 3.05) is 32.0 Å². The number of hydrogen-bond donors (Lipinski definition) is 2. The number of benzene rings is 1. The van der Waals surface area contributed by atoms with Crippen LogP contribution in [0.3, 0.4) is 0 Å². The lowest BCUT2D eigenvalue weighted by Gasteiger charge is -2.31. The van der Waals surface area contributed by atoms with Gasteiger partial charge in [-0.3, -0.25) is 4.79 Å². The number of nitrogens with one attached hydrogen (secondary N) is 2. The fraction of sp³-hybridized carbons (Fsp3) is 0.533. The van der Waals surface area contributed by atoms with Crippen LogP contribution in [0.25, 0.3) is 0 Å². The van der Waals surface area contributed by atoms with E-state index in [1.54, 1.807) is 0 Å². The van der Waals surface area contributed by atoms with Gasteiger partial charge in [0.15, 0.2) is 0 Å². The number of hydrogen-bond acceptors (Lipinski definition) is 3. The zero-order chi connectivity index (χ0) is 13.5. The van der Waals surface area contributed by atoms with Gasteiger partial charge in [-0.05, 0) is 51.0 Å². The summed E-state index contributed by atoms with van der Waals surface area (Å²) in [6.45, 7) is 3.28. The molecule has 0 aliphatic carbocycles. The maximum absolute atomic E-state index is 10.6. The third-order valence-electron chi connectivity index (χ3n) is 3.90. The van der Waals surface area contributed by atoms with Gasteiger partial charge in [-0.1, -0.05) is 18.2 Å². The second kappa shape index (κ2) is 7.26. The summed E-state index contributed by atoms with van der Waals surface area (Å²) in [5, 5.41) is 6.16. The highest BCUT2D eigenvalue weighted by Crippen LogP contribution is 2.16. The Morgan fingerprint density at radius 1 is 1.37 bits per heavy atom. The minimum Gasteiger partial charge on any atom is -0.328 e. The average molecular weight is 261 g/mol. The number of rotatable bonds is 6. The van der Waals surface area contributed by atoms with Crippen LogP contribution in [0.5, 0.6) is 0 Å². The van der Waals surface area contributed by atoms with Crippen LogP contribution in [-0.4, -0.2) is 44.0 Å². The van der Waals surface area contributed by atoms with Crippen LogP contribution in [0.1, 0.15) is 18.4 Å². The molecule has 1 saturated heterocycles. The molecule has 104 valence electrons. The quantitative estimate of drug-likeness (QED) is 0.762. The minimum absolute atomic E-state index is 0.687. The first-order valence-corrected chi connectivity index (χ1v) is 7.00. The molecule has 0 radical (unpaired) electrons. The molecule has 2 N–H and O–H groups in total. The van der Waals surface area contributed by atoms with Crippen molar-refractivity contribution in [2.45, 2.75) is 25.3 Å². The van der Waals surface area contributed by atoms with E-state index in [1.807, 2.05) is 18.2 Å². The van der Waals surface area contributed by atoms with E-state index in [4.69, 9.17) is 0 Å². The van der Waals surface area contributed by atoms with E-state index in [0.717, 1.165) is 38.2 Å². The fourth-order valence-corrected chi connectivity index (χ4v) is 2.67. The van der Waals surface area contributed by atoms with Crippen LogP contribution in [0, 0.1) is 0 Å². The molecule has 0 saturated carbocycles. The number of likely N-dealkylation sites (N-methyl/N-ethyl adjacent to an activating group) is 1. The van der Waals surface area contributed by atoms with Crippen molar-refractivity contribution < 1.29 is 4.79 Å². The molecule has 0 unspecified atom stereocenters. The van der Waals surface area contributed by atoms with Gasteiger partial charge in [0, 0.05) is 18.3 Å². The molecule has 19 heavy (non-hydrogen) atoms. The van der Waals surface area contributed by atoms with Crippen molar-refractivity contribution >= 4 is 12.1 Å². The lowest BCUT2D eigenvalue weighted by atomic mass is 10.0. The molecule has 2 rings (SSSR count). The van der Waals surface area contributed by atoms with Crippen LogP contribution in [-0.2, 0) is 11.2 Å². The predicted octanol–water partition coefficient (Wildman–Crippen LogP) is 1.48. The molecule has 0 spiro atoms. The Morgan fingerprint density at radius 2 is 2.11 bits per heavy atom. The molecule has 0 atom stereocenters. The second-order valence-corrected chi connectivity index (χ2v) is 5.13. The van der Waals surface area contributed by atoms with Gasteiger partial charge in [0.05, 0.1) is 0 Å². The Labute approximate surface area is 115 Å². The Morgan fingerprint density at radius 3 is 2.84 bits per heavy atom. The summed E-state index contributed by atoms with van der Waals surface area (Å²) in [6, 6.07) is 8.70. The molecule has 4 heteroatoms. The van der Waals surface area contributed by atoms with Crippen molar-refractivity contribution in [1.29, 1.82) is 0 Å². The van der Waals surface area contributed by atoms with Crippen LogP contribution < -0.4 is 10.6 Å². The molecule has 1 aliphatic rings. The van der Waals surface area contributed by atoms with Gasteiger partial charge in [0.25, 0.3) is 0 Å². The van der Waals surface area contributed by atoms with Gasteiger partial charge in [0.1, 0.15) is 0 Å². The maximum Gasteiger partial charge on any atom is 0.211 e. The molecule has 4 nitrogen and oxygen atoms in total. The SMILES string of the molecule is CN(CCc1ccccc1NC=O)C1CCNCC1. The van der Waals surface area contributed by atoms with Crippen LogP contribution in [0.15, 0.2) is 24.3 Å². The van der Waals surface area contributed by atoms with Gasteiger partial charge < -0.3 is 15.5 Å². The third-order valence-corrected chi connectivity index (χ3v) is 3.90. The largest absolute Gasteiger partial charge is 0.328 e. The Balaban J connectivity index is 1.88. The normalized spacial score (nSPS) is 16.5. The zero-order valence-electron chi connectivity index (χ0n) is 11.6. The lowest BCUT2D eigenvalue weighted by Crippen LogP contribution is -2.41. The van der Waals surface area contributed by atoms with Crippen LogP contribution in [0.4, 0.5) is 5.69 Å². The van der Waals surface area contributed by atoms with Crippen molar-refractivity contribution in [1.82, 2.24) is 10.2 Å². The van der Waals surface area contributed by atoms with Crippen molar-refractivity contribution in [3.8, 4) is 0 Å². The third kappa shape index (κ3) is 4.04. The van der Waals surface area contributed by atoms with E-state index in [2.05, 4.69) is 28.6 Å². The number of anilines is 1. The van der Waals surface area contributed by atoms with Crippen molar-refractivity contribution in [3.05, 3.63) is 29.8 Å². The Hall–Kier alpha value is -1.39. The summed E-state index contributed by atoms with van der Waals surface area (Å²) in [7, 11) is 2.20. The van der Waals surface area contributed by atoms with Gasteiger partial charge in [-0.15, -0.1) is 0 Å². The zero-order valence-corrected chi connectivity index (χ0v) is 11.6. The van der Waals surface area contributed by atoms with E-state index in [1.165, 1.54) is 18.4 Å².